The lowest BCUT2D eigenvalue weighted by Crippen LogP contribution is -2.33. The first-order valence-electron chi connectivity index (χ1n) is 12.3. The number of methoxy groups -OCH3 is 1. The minimum Gasteiger partial charge on any atom is -0.497 e. The summed E-state index contributed by atoms with van der Waals surface area (Å²) >= 11 is 1.52. The van der Waals surface area contributed by atoms with Gasteiger partial charge in [-0.25, -0.2) is 14.6 Å². The third kappa shape index (κ3) is 9.76. The summed E-state index contributed by atoms with van der Waals surface area (Å²) in [6, 6.07) is 16.9. The number of hydrogen-bond donors (Lipinski definition) is 2. The number of amides is 2. The van der Waals surface area contributed by atoms with E-state index < -0.39 is 17.8 Å². The van der Waals surface area contributed by atoms with Crippen LogP contribution < -0.4 is 15.4 Å². The van der Waals surface area contributed by atoms with Crippen LogP contribution in [0.1, 0.15) is 57.3 Å². The van der Waals surface area contributed by atoms with Gasteiger partial charge in [0.15, 0.2) is 0 Å². The lowest BCUT2D eigenvalue weighted by Gasteiger charge is -2.20. The molecule has 0 saturated heterocycles. The Morgan fingerprint density at radius 2 is 1.73 bits per heavy atom. The summed E-state index contributed by atoms with van der Waals surface area (Å²) in [5, 5.41) is 8.55. The summed E-state index contributed by atoms with van der Waals surface area (Å²) in [5.74, 6) is 0.779. The SMILES string of the molecule is COc1ccc(-c2nc(C(CCCCNC(=O)OC(C)(C)C)NC(=O)OCc3ccccc3)cs2)cc1. The predicted octanol–water partition coefficient (Wildman–Crippen LogP) is 6.48. The maximum absolute atomic E-state index is 12.6. The average Bonchev–Trinajstić information content (AvgIpc) is 3.36. The van der Waals surface area contributed by atoms with E-state index >= 15 is 0 Å². The Balaban J connectivity index is 1.60. The quantitative estimate of drug-likeness (QED) is 0.278. The molecule has 3 aromatic rings. The van der Waals surface area contributed by atoms with Gasteiger partial charge in [0.2, 0.25) is 0 Å². The molecular formula is C28H35N3O5S. The second-order valence-electron chi connectivity index (χ2n) is 9.49. The van der Waals surface area contributed by atoms with Crippen LogP contribution in [0.2, 0.25) is 0 Å². The Kier molecular flexibility index (Phi) is 10.3. The Morgan fingerprint density at radius 1 is 1.00 bits per heavy atom. The largest absolute Gasteiger partial charge is 0.497 e. The Bertz CT molecular complexity index is 1130. The van der Waals surface area contributed by atoms with Gasteiger partial charge in [-0.1, -0.05) is 30.3 Å². The van der Waals surface area contributed by atoms with E-state index in [2.05, 4.69) is 10.6 Å². The van der Waals surface area contributed by atoms with Crippen LogP contribution in [-0.2, 0) is 16.1 Å². The number of thiazole rings is 1. The zero-order valence-electron chi connectivity index (χ0n) is 21.8. The van der Waals surface area contributed by atoms with Crippen molar-refractivity contribution in [3.05, 3.63) is 71.2 Å². The number of ether oxygens (including phenoxy) is 3. The molecule has 198 valence electrons. The molecule has 1 heterocycles. The van der Waals surface area contributed by atoms with Gasteiger partial charge in [0.25, 0.3) is 0 Å². The van der Waals surface area contributed by atoms with Gasteiger partial charge in [-0.05, 0) is 69.9 Å². The van der Waals surface area contributed by atoms with Crippen LogP contribution in [0.3, 0.4) is 0 Å². The van der Waals surface area contributed by atoms with Gasteiger partial charge in [0.1, 0.15) is 23.0 Å². The van der Waals surface area contributed by atoms with Crippen molar-refractivity contribution in [2.24, 2.45) is 0 Å². The lowest BCUT2D eigenvalue weighted by atomic mass is 10.1. The van der Waals surface area contributed by atoms with Crippen LogP contribution >= 0.6 is 11.3 Å². The van der Waals surface area contributed by atoms with Crippen LogP contribution in [0.25, 0.3) is 10.6 Å². The van der Waals surface area contributed by atoms with Crippen molar-refractivity contribution in [3.63, 3.8) is 0 Å². The van der Waals surface area contributed by atoms with Gasteiger partial charge < -0.3 is 24.8 Å². The monoisotopic (exact) mass is 525 g/mol. The molecule has 0 radical (unpaired) electrons. The Hall–Kier alpha value is -3.59. The van der Waals surface area contributed by atoms with Crippen LogP contribution in [0.15, 0.2) is 60.0 Å². The molecule has 2 N–H and O–H groups in total. The van der Waals surface area contributed by atoms with Gasteiger partial charge in [-0.3, -0.25) is 0 Å². The average molecular weight is 526 g/mol. The molecule has 2 amide bonds. The number of nitrogens with zero attached hydrogens (tertiary/aromatic N) is 1. The standard InChI is InChI=1S/C28H35N3O5S/c1-28(2,3)36-26(32)29-17-9-8-12-23(31-27(33)35-18-20-10-6-5-7-11-20)24-19-37-25(30-24)21-13-15-22(34-4)16-14-21/h5-7,10-11,13-16,19,23H,8-9,12,17-18H2,1-4H3,(H,29,32)(H,31,33). The van der Waals surface area contributed by atoms with E-state index in [-0.39, 0.29) is 12.6 Å². The molecule has 2 aromatic carbocycles. The minimum atomic E-state index is -0.536. The molecule has 0 aliphatic carbocycles. The van der Waals surface area contributed by atoms with E-state index in [4.69, 9.17) is 19.2 Å². The number of carbonyl (C=O) groups is 2. The minimum absolute atomic E-state index is 0.188. The molecule has 1 atom stereocenters. The van der Waals surface area contributed by atoms with Crippen molar-refractivity contribution in [3.8, 4) is 16.3 Å². The molecule has 3 rings (SSSR count). The van der Waals surface area contributed by atoms with Gasteiger partial charge in [-0.2, -0.15) is 0 Å². The summed E-state index contributed by atoms with van der Waals surface area (Å²) in [6.45, 7) is 6.15. The highest BCUT2D eigenvalue weighted by Gasteiger charge is 2.20. The molecule has 1 aromatic heterocycles. The number of rotatable bonds is 11. The van der Waals surface area contributed by atoms with Crippen molar-refractivity contribution in [1.82, 2.24) is 15.6 Å². The fourth-order valence-electron chi connectivity index (χ4n) is 3.49. The number of alkyl carbamates (subject to hydrolysis) is 2. The van der Waals surface area contributed by atoms with Gasteiger partial charge in [0.05, 0.1) is 18.8 Å². The van der Waals surface area contributed by atoms with E-state index in [1.807, 2.05) is 80.7 Å². The first kappa shape index (κ1) is 28.0. The van der Waals surface area contributed by atoms with Crippen LogP contribution in [0.5, 0.6) is 5.75 Å². The van der Waals surface area contributed by atoms with Crippen molar-refractivity contribution >= 4 is 23.5 Å². The highest BCUT2D eigenvalue weighted by Crippen LogP contribution is 2.29. The van der Waals surface area contributed by atoms with E-state index in [0.717, 1.165) is 40.4 Å². The van der Waals surface area contributed by atoms with Crippen molar-refractivity contribution in [2.45, 2.75) is 58.3 Å². The molecule has 0 aliphatic heterocycles. The summed E-state index contributed by atoms with van der Waals surface area (Å²) in [6.07, 6.45) is 1.19. The van der Waals surface area contributed by atoms with Crippen LogP contribution in [-0.4, -0.2) is 36.4 Å². The first-order valence-corrected chi connectivity index (χ1v) is 13.2. The van der Waals surface area contributed by atoms with E-state index in [0.29, 0.717) is 13.0 Å². The topological polar surface area (TPSA) is 98.8 Å². The number of aromatic nitrogens is 1. The van der Waals surface area contributed by atoms with Crippen molar-refractivity contribution in [1.29, 1.82) is 0 Å². The highest BCUT2D eigenvalue weighted by atomic mass is 32.1. The molecule has 1 unspecified atom stereocenters. The number of nitrogens with one attached hydrogen (secondary N) is 2. The van der Waals surface area contributed by atoms with E-state index in [1.165, 1.54) is 11.3 Å². The first-order chi connectivity index (χ1) is 17.7. The maximum Gasteiger partial charge on any atom is 0.408 e. The summed E-state index contributed by atoms with van der Waals surface area (Å²) in [5.41, 5.74) is 2.13. The second kappa shape index (κ2) is 13.6. The number of benzene rings is 2. The molecule has 0 saturated carbocycles. The molecule has 0 spiro atoms. The Labute approximate surface area is 222 Å². The fraction of sp³-hybridized carbons (Fsp3) is 0.393. The van der Waals surface area contributed by atoms with Crippen molar-refractivity contribution < 1.29 is 23.8 Å². The Morgan fingerprint density at radius 3 is 2.41 bits per heavy atom. The van der Waals surface area contributed by atoms with Crippen LogP contribution in [0, 0.1) is 0 Å². The third-order valence-corrected chi connectivity index (χ3v) is 6.22. The van der Waals surface area contributed by atoms with Gasteiger partial charge in [-0.15, -0.1) is 11.3 Å². The smallest absolute Gasteiger partial charge is 0.408 e. The molecule has 0 bridgehead atoms. The normalized spacial score (nSPS) is 11.9. The van der Waals surface area contributed by atoms with E-state index in [9.17, 15) is 9.59 Å². The summed E-state index contributed by atoms with van der Waals surface area (Å²) < 4.78 is 15.9. The number of unbranched alkanes of at least 4 members (excludes halogenated alkanes) is 1. The van der Waals surface area contributed by atoms with Gasteiger partial charge >= 0.3 is 12.2 Å². The number of carbonyl (C=O) groups excluding carboxylic acids is 2. The molecule has 8 nitrogen and oxygen atoms in total. The highest BCUT2D eigenvalue weighted by molar-refractivity contribution is 7.13. The zero-order chi connectivity index (χ0) is 26.7. The van der Waals surface area contributed by atoms with Crippen molar-refractivity contribution in [2.75, 3.05) is 13.7 Å². The summed E-state index contributed by atoms with van der Waals surface area (Å²) in [4.78, 5) is 29.3. The van der Waals surface area contributed by atoms with Crippen LogP contribution in [0.4, 0.5) is 9.59 Å². The molecule has 37 heavy (non-hydrogen) atoms. The second-order valence-corrected chi connectivity index (χ2v) is 10.3. The predicted molar refractivity (Wildman–Crippen MR) is 145 cm³/mol. The third-order valence-electron chi connectivity index (χ3n) is 5.31. The molecular weight excluding hydrogens is 490 g/mol. The number of hydrogen-bond acceptors (Lipinski definition) is 7. The van der Waals surface area contributed by atoms with Gasteiger partial charge in [0, 0.05) is 17.5 Å². The molecule has 9 heteroatoms. The maximum atomic E-state index is 12.6. The summed E-state index contributed by atoms with van der Waals surface area (Å²) in [7, 11) is 1.63. The fourth-order valence-corrected chi connectivity index (χ4v) is 4.37. The molecule has 0 aliphatic rings. The van der Waals surface area contributed by atoms with E-state index in [1.54, 1.807) is 7.11 Å². The molecule has 0 fully saturated rings. The zero-order valence-corrected chi connectivity index (χ0v) is 22.6. The lowest BCUT2D eigenvalue weighted by molar-refractivity contribution is 0.0527.